The molecular weight excluding hydrogens is 268 g/mol. The van der Waals surface area contributed by atoms with Crippen LogP contribution < -0.4 is 5.43 Å². The molecule has 0 amide bonds. The van der Waals surface area contributed by atoms with Crippen molar-refractivity contribution in [2.24, 2.45) is 0 Å². The third-order valence-corrected chi connectivity index (χ3v) is 3.51. The number of ether oxygens (including phenoxy) is 1. The molecule has 0 saturated carbocycles. The molecule has 0 bridgehead atoms. The summed E-state index contributed by atoms with van der Waals surface area (Å²) in [5, 5.41) is 4.12. The predicted molar refractivity (Wildman–Crippen MR) is 80.0 cm³/mol. The molecule has 110 valence electrons. The number of hydrogen-bond donors (Lipinski definition) is 0. The van der Waals surface area contributed by atoms with E-state index in [1.807, 2.05) is 39.0 Å². The van der Waals surface area contributed by atoms with Crippen molar-refractivity contribution < 1.29 is 9.53 Å². The first kappa shape index (κ1) is 15.0. The van der Waals surface area contributed by atoms with Crippen molar-refractivity contribution in [2.45, 2.75) is 27.2 Å². The SMILES string of the molecule is CCc1cn(-c2ccc(C)c(C)c2)nc(C(=O)OC)c1=O. The molecular formula is C16H18N2O3. The summed E-state index contributed by atoms with van der Waals surface area (Å²) in [5.74, 6) is -0.715. The summed E-state index contributed by atoms with van der Waals surface area (Å²) in [7, 11) is 1.24. The maximum Gasteiger partial charge on any atom is 0.362 e. The number of aromatic nitrogens is 2. The third-order valence-electron chi connectivity index (χ3n) is 3.51. The van der Waals surface area contributed by atoms with Crippen LogP contribution in [0.25, 0.3) is 5.69 Å². The molecule has 1 aromatic heterocycles. The highest BCUT2D eigenvalue weighted by atomic mass is 16.5. The Morgan fingerprint density at radius 3 is 2.57 bits per heavy atom. The van der Waals surface area contributed by atoms with Gasteiger partial charge in [0.05, 0.1) is 12.8 Å². The Labute approximate surface area is 123 Å². The molecule has 0 radical (unpaired) electrons. The van der Waals surface area contributed by atoms with Crippen molar-refractivity contribution in [2.75, 3.05) is 7.11 Å². The van der Waals surface area contributed by atoms with Crippen LogP contribution in [0.5, 0.6) is 0 Å². The second kappa shape index (κ2) is 5.91. The number of esters is 1. The number of carbonyl (C=O) groups excluding carboxylic acids is 1. The highest BCUT2D eigenvalue weighted by Gasteiger charge is 2.17. The highest BCUT2D eigenvalue weighted by Crippen LogP contribution is 2.13. The molecule has 0 N–H and O–H groups in total. The van der Waals surface area contributed by atoms with Gasteiger partial charge in [0.1, 0.15) is 0 Å². The summed E-state index contributed by atoms with van der Waals surface area (Å²) in [5.41, 5.74) is 3.07. The largest absolute Gasteiger partial charge is 0.464 e. The zero-order chi connectivity index (χ0) is 15.6. The first-order valence-electron chi connectivity index (χ1n) is 6.76. The number of methoxy groups -OCH3 is 1. The van der Waals surface area contributed by atoms with Crippen LogP contribution in [-0.4, -0.2) is 22.9 Å². The summed E-state index contributed by atoms with van der Waals surface area (Å²) in [6.45, 7) is 5.89. The van der Waals surface area contributed by atoms with Crippen molar-refractivity contribution in [3.63, 3.8) is 0 Å². The number of nitrogens with zero attached hydrogens (tertiary/aromatic N) is 2. The zero-order valence-electron chi connectivity index (χ0n) is 12.6. The Bertz CT molecular complexity index is 748. The number of hydrogen-bond acceptors (Lipinski definition) is 4. The minimum Gasteiger partial charge on any atom is -0.464 e. The first-order valence-corrected chi connectivity index (χ1v) is 6.76. The Kier molecular flexibility index (Phi) is 4.21. The molecule has 1 aromatic carbocycles. The molecule has 0 saturated heterocycles. The highest BCUT2D eigenvalue weighted by molar-refractivity contribution is 5.87. The van der Waals surface area contributed by atoms with Gasteiger partial charge in [-0.15, -0.1) is 0 Å². The fourth-order valence-corrected chi connectivity index (χ4v) is 2.02. The molecule has 0 aliphatic heterocycles. The zero-order valence-corrected chi connectivity index (χ0v) is 12.6. The average Bonchev–Trinajstić information content (AvgIpc) is 2.49. The van der Waals surface area contributed by atoms with Gasteiger partial charge in [-0.05, 0) is 43.5 Å². The van der Waals surface area contributed by atoms with Gasteiger partial charge in [-0.25, -0.2) is 9.48 Å². The predicted octanol–water partition coefficient (Wildman–Crippen LogP) is 2.20. The van der Waals surface area contributed by atoms with Crippen molar-refractivity contribution in [1.82, 2.24) is 9.78 Å². The molecule has 0 aliphatic carbocycles. The lowest BCUT2D eigenvalue weighted by Crippen LogP contribution is -2.25. The van der Waals surface area contributed by atoms with Crippen LogP contribution >= 0.6 is 0 Å². The Hall–Kier alpha value is -2.43. The molecule has 0 spiro atoms. The minimum absolute atomic E-state index is 0.185. The molecule has 0 atom stereocenters. The maximum absolute atomic E-state index is 12.1. The number of carbonyl (C=O) groups is 1. The second-order valence-corrected chi connectivity index (χ2v) is 4.89. The summed E-state index contributed by atoms with van der Waals surface area (Å²) < 4.78 is 6.19. The van der Waals surface area contributed by atoms with Crippen molar-refractivity contribution >= 4 is 5.97 Å². The number of benzene rings is 1. The Morgan fingerprint density at radius 1 is 1.29 bits per heavy atom. The van der Waals surface area contributed by atoms with Crippen LogP contribution in [0.2, 0.25) is 0 Å². The fourth-order valence-electron chi connectivity index (χ4n) is 2.02. The van der Waals surface area contributed by atoms with E-state index in [1.165, 1.54) is 12.7 Å². The van der Waals surface area contributed by atoms with E-state index in [0.29, 0.717) is 12.0 Å². The van der Waals surface area contributed by atoms with Crippen LogP contribution in [0.3, 0.4) is 0 Å². The smallest absolute Gasteiger partial charge is 0.362 e. The van der Waals surface area contributed by atoms with Gasteiger partial charge in [0.2, 0.25) is 11.1 Å². The number of aryl methyl sites for hydroxylation is 3. The second-order valence-electron chi connectivity index (χ2n) is 4.89. The Balaban J connectivity index is 2.66. The molecule has 1 heterocycles. The van der Waals surface area contributed by atoms with Crippen LogP contribution in [0.4, 0.5) is 0 Å². The van der Waals surface area contributed by atoms with Crippen LogP contribution in [0, 0.1) is 13.8 Å². The van der Waals surface area contributed by atoms with E-state index in [2.05, 4.69) is 9.84 Å². The van der Waals surface area contributed by atoms with E-state index < -0.39 is 5.97 Å². The summed E-state index contributed by atoms with van der Waals surface area (Å²) in [6, 6.07) is 5.85. The van der Waals surface area contributed by atoms with Crippen LogP contribution in [0.15, 0.2) is 29.2 Å². The van der Waals surface area contributed by atoms with E-state index >= 15 is 0 Å². The molecule has 5 nitrogen and oxygen atoms in total. The normalized spacial score (nSPS) is 10.5. The molecule has 2 aromatic rings. The van der Waals surface area contributed by atoms with Gasteiger partial charge in [0, 0.05) is 11.8 Å². The first-order chi connectivity index (χ1) is 9.97. The lowest BCUT2D eigenvalue weighted by Gasteiger charge is -2.11. The molecule has 0 aliphatic rings. The van der Waals surface area contributed by atoms with Crippen molar-refractivity contribution in [3.05, 3.63) is 57.0 Å². The van der Waals surface area contributed by atoms with Gasteiger partial charge in [-0.3, -0.25) is 4.79 Å². The topological polar surface area (TPSA) is 61.2 Å². The molecule has 21 heavy (non-hydrogen) atoms. The standard InChI is InChI=1S/C16H18N2O3/c1-5-12-9-18(13-7-6-10(2)11(3)8-13)17-14(15(12)19)16(20)21-4/h6-9H,5H2,1-4H3. The van der Waals surface area contributed by atoms with Gasteiger partial charge in [-0.2, -0.15) is 5.10 Å². The lowest BCUT2D eigenvalue weighted by atomic mass is 10.1. The van der Waals surface area contributed by atoms with Crippen LogP contribution in [0.1, 0.15) is 34.1 Å². The van der Waals surface area contributed by atoms with Gasteiger partial charge in [0.15, 0.2) is 0 Å². The lowest BCUT2D eigenvalue weighted by molar-refractivity contribution is 0.0590. The quantitative estimate of drug-likeness (QED) is 0.812. The monoisotopic (exact) mass is 286 g/mol. The molecule has 0 unspecified atom stereocenters. The molecule has 5 heteroatoms. The van der Waals surface area contributed by atoms with Gasteiger partial charge >= 0.3 is 5.97 Å². The van der Waals surface area contributed by atoms with E-state index in [-0.39, 0.29) is 11.1 Å². The van der Waals surface area contributed by atoms with Gasteiger partial charge < -0.3 is 4.74 Å². The van der Waals surface area contributed by atoms with Gasteiger partial charge in [-0.1, -0.05) is 13.0 Å². The van der Waals surface area contributed by atoms with E-state index in [9.17, 15) is 9.59 Å². The number of rotatable bonds is 3. The van der Waals surface area contributed by atoms with E-state index in [0.717, 1.165) is 11.3 Å². The summed E-state index contributed by atoms with van der Waals surface area (Å²) in [4.78, 5) is 23.8. The maximum atomic E-state index is 12.1. The Morgan fingerprint density at radius 2 is 2.00 bits per heavy atom. The van der Waals surface area contributed by atoms with E-state index in [4.69, 9.17) is 0 Å². The van der Waals surface area contributed by atoms with Crippen LogP contribution in [-0.2, 0) is 11.2 Å². The van der Waals surface area contributed by atoms with Crippen molar-refractivity contribution in [3.8, 4) is 5.69 Å². The summed E-state index contributed by atoms with van der Waals surface area (Å²) >= 11 is 0. The van der Waals surface area contributed by atoms with Gasteiger partial charge in [0.25, 0.3) is 0 Å². The minimum atomic E-state index is -0.715. The van der Waals surface area contributed by atoms with E-state index in [1.54, 1.807) is 10.9 Å². The molecule has 0 fully saturated rings. The third kappa shape index (κ3) is 2.86. The fraction of sp³-hybridized carbons (Fsp3) is 0.312. The average molecular weight is 286 g/mol. The summed E-state index contributed by atoms with van der Waals surface area (Å²) in [6.07, 6.45) is 2.19. The van der Waals surface area contributed by atoms with Crippen molar-refractivity contribution in [1.29, 1.82) is 0 Å². The molecule has 2 rings (SSSR count).